The van der Waals surface area contributed by atoms with Crippen LogP contribution in [0, 0.1) is 11.3 Å². The standard InChI is InChI=1S/C14H11F3N4O/c15-14(16,17)9-22-12-4-2-1-3-10(12)8-21-13-11(7-18)19-5-6-20-13/h1-6H,8-9H2,(H,20,21). The number of para-hydroxylation sites is 1. The Balaban J connectivity index is 2.08. The number of benzene rings is 1. The summed E-state index contributed by atoms with van der Waals surface area (Å²) in [5.41, 5.74) is 0.623. The average molecular weight is 308 g/mol. The Bertz CT molecular complexity index is 682. The molecule has 0 radical (unpaired) electrons. The third-order valence-electron chi connectivity index (χ3n) is 2.61. The number of anilines is 1. The van der Waals surface area contributed by atoms with Crippen molar-refractivity contribution in [2.24, 2.45) is 0 Å². The van der Waals surface area contributed by atoms with Crippen molar-refractivity contribution in [2.45, 2.75) is 12.7 Å². The third kappa shape index (κ3) is 4.34. The molecule has 1 aromatic carbocycles. The summed E-state index contributed by atoms with van der Waals surface area (Å²) in [6, 6.07) is 8.21. The molecule has 1 N–H and O–H groups in total. The van der Waals surface area contributed by atoms with Gasteiger partial charge in [0.15, 0.2) is 18.1 Å². The van der Waals surface area contributed by atoms with Gasteiger partial charge in [-0.15, -0.1) is 0 Å². The van der Waals surface area contributed by atoms with E-state index >= 15 is 0 Å². The molecule has 0 aliphatic carbocycles. The summed E-state index contributed by atoms with van der Waals surface area (Å²) < 4.78 is 41.5. The molecular weight excluding hydrogens is 297 g/mol. The number of hydrogen-bond acceptors (Lipinski definition) is 5. The first-order chi connectivity index (χ1) is 10.5. The van der Waals surface area contributed by atoms with Gasteiger partial charge in [0.1, 0.15) is 11.8 Å². The number of alkyl halides is 3. The molecule has 0 saturated heterocycles. The Hall–Kier alpha value is -2.82. The number of nitriles is 1. The van der Waals surface area contributed by atoms with Gasteiger partial charge in [-0.05, 0) is 6.07 Å². The largest absolute Gasteiger partial charge is 0.484 e. The van der Waals surface area contributed by atoms with Crippen LogP contribution in [0.25, 0.3) is 0 Å². The van der Waals surface area contributed by atoms with E-state index in [-0.39, 0.29) is 23.8 Å². The maximum atomic E-state index is 12.2. The first-order valence-corrected chi connectivity index (χ1v) is 6.22. The van der Waals surface area contributed by atoms with Gasteiger partial charge in [0.05, 0.1) is 0 Å². The van der Waals surface area contributed by atoms with Crippen molar-refractivity contribution < 1.29 is 17.9 Å². The van der Waals surface area contributed by atoms with E-state index in [0.29, 0.717) is 5.56 Å². The molecule has 0 aliphatic heterocycles. The highest BCUT2D eigenvalue weighted by molar-refractivity contribution is 5.48. The molecule has 0 unspecified atom stereocenters. The summed E-state index contributed by atoms with van der Waals surface area (Å²) in [6.45, 7) is -1.21. The van der Waals surface area contributed by atoms with E-state index < -0.39 is 12.8 Å². The number of nitrogens with one attached hydrogen (secondary N) is 1. The highest BCUT2D eigenvalue weighted by Crippen LogP contribution is 2.23. The van der Waals surface area contributed by atoms with Crippen molar-refractivity contribution in [3.63, 3.8) is 0 Å². The number of aromatic nitrogens is 2. The normalized spacial score (nSPS) is 10.8. The smallest absolute Gasteiger partial charge is 0.422 e. The Morgan fingerprint density at radius 1 is 1.18 bits per heavy atom. The van der Waals surface area contributed by atoms with Crippen LogP contribution in [0.3, 0.4) is 0 Å². The van der Waals surface area contributed by atoms with Crippen LogP contribution in [-0.4, -0.2) is 22.8 Å². The second-order valence-electron chi connectivity index (χ2n) is 4.23. The van der Waals surface area contributed by atoms with Crippen LogP contribution in [0.1, 0.15) is 11.3 Å². The van der Waals surface area contributed by atoms with E-state index in [4.69, 9.17) is 10.00 Å². The third-order valence-corrected chi connectivity index (χ3v) is 2.61. The van der Waals surface area contributed by atoms with Gasteiger partial charge < -0.3 is 10.1 Å². The van der Waals surface area contributed by atoms with Crippen molar-refractivity contribution in [1.82, 2.24) is 9.97 Å². The van der Waals surface area contributed by atoms with Crippen LogP contribution in [0.2, 0.25) is 0 Å². The van der Waals surface area contributed by atoms with Crippen molar-refractivity contribution in [3.8, 4) is 11.8 Å². The van der Waals surface area contributed by atoms with Gasteiger partial charge in [0.2, 0.25) is 0 Å². The molecule has 1 heterocycles. The van der Waals surface area contributed by atoms with Crippen molar-refractivity contribution >= 4 is 5.82 Å². The van der Waals surface area contributed by atoms with E-state index in [1.165, 1.54) is 18.5 Å². The van der Waals surface area contributed by atoms with E-state index in [9.17, 15) is 13.2 Å². The monoisotopic (exact) mass is 308 g/mol. The molecule has 0 atom stereocenters. The second-order valence-corrected chi connectivity index (χ2v) is 4.23. The zero-order valence-corrected chi connectivity index (χ0v) is 11.3. The fourth-order valence-electron chi connectivity index (χ4n) is 1.68. The van der Waals surface area contributed by atoms with Crippen molar-refractivity contribution in [3.05, 3.63) is 47.9 Å². The molecule has 0 amide bonds. The lowest BCUT2D eigenvalue weighted by Gasteiger charge is -2.13. The predicted octanol–water partition coefficient (Wildman–Crippen LogP) is 2.90. The summed E-state index contributed by atoms with van der Waals surface area (Å²) in [7, 11) is 0. The molecule has 0 aliphatic rings. The van der Waals surface area contributed by atoms with Gasteiger partial charge in [-0.1, -0.05) is 18.2 Å². The lowest BCUT2D eigenvalue weighted by molar-refractivity contribution is -0.153. The minimum atomic E-state index is -4.40. The summed E-state index contributed by atoms with van der Waals surface area (Å²) in [5, 5.41) is 11.8. The van der Waals surface area contributed by atoms with Crippen molar-refractivity contribution in [2.75, 3.05) is 11.9 Å². The van der Waals surface area contributed by atoms with E-state index in [0.717, 1.165) is 0 Å². The molecule has 0 spiro atoms. The molecule has 0 bridgehead atoms. The van der Waals surface area contributed by atoms with Crippen LogP contribution < -0.4 is 10.1 Å². The van der Waals surface area contributed by atoms with Crippen LogP contribution in [0.5, 0.6) is 5.75 Å². The Morgan fingerprint density at radius 2 is 1.91 bits per heavy atom. The molecule has 2 rings (SSSR count). The fourth-order valence-corrected chi connectivity index (χ4v) is 1.68. The second kappa shape index (κ2) is 6.76. The molecule has 0 fully saturated rings. The average Bonchev–Trinajstić information content (AvgIpc) is 2.51. The highest BCUT2D eigenvalue weighted by atomic mass is 19.4. The van der Waals surface area contributed by atoms with Crippen molar-refractivity contribution in [1.29, 1.82) is 5.26 Å². The first-order valence-electron chi connectivity index (χ1n) is 6.22. The summed E-state index contributed by atoms with van der Waals surface area (Å²) in [6.07, 6.45) is -1.61. The number of nitrogens with zero attached hydrogens (tertiary/aromatic N) is 3. The molecule has 22 heavy (non-hydrogen) atoms. The molecule has 2 aromatic rings. The maximum absolute atomic E-state index is 12.2. The molecule has 8 heteroatoms. The van der Waals surface area contributed by atoms with E-state index in [1.807, 2.05) is 6.07 Å². The van der Waals surface area contributed by atoms with E-state index in [2.05, 4.69) is 15.3 Å². The topological polar surface area (TPSA) is 70.8 Å². The Labute approximate surface area is 124 Å². The number of rotatable bonds is 5. The molecule has 1 aromatic heterocycles. The molecule has 114 valence electrons. The van der Waals surface area contributed by atoms with E-state index in [1.54, 1.807) is 18.2 Å². The SMILES string of the molecule is N#Cc1nccnc1NCc1ccccc1OCC(F)(F)F. The van der Waals surface area contributed by atoms with Gasteiger partial charge in [0, 0.05) is 24.5 Å². The minimum absolute atomic E-state index is 0.108. The first kappa shape index (κ1) is 15.6. The Kier molecular flexibility index (Phi) is 4.78. The zero-order valence-electron chi connectivity index (χ0n) is 11.3. The minimum Gasteiger partial charge on any atom is -0.484 e. The van der Waals surface area contributed by atoms with Gasteiger partial charge in [-0.3, -0.25) is 0 Å². The highest BCUT2D eigenvalue weighted by Gasteiger charge is 2.28. The number of halogens is 3. The maximum Gasteiger partial charge on any atom is 0.422 e. The molecule has 5 nitrogen and oxygen atoms in total. The van der Waals surface area contributed by atoms with Crippen LogP contribution >= 0.6 is 0 Å². The summed E-state index contributed by atoms with van der Waals surface area (Å²) in [4.78, 5) is 7.80. The molecule has 0 saturated carbocycles. The van der Waals surface area contributed by atoms with Gasteiger partial charge >= 0.3 is 6.18 Å². The van der Waals surface area contributed by atoms with Gasteiger partial charge in [-0.25, -0.2) is 9.97 Å². The van der Waals surface area contributed by atoms with Gasteiger partial charge in [-0.2, -0.15) is 18.4 Å². The predicted molar refractivity (Wildman–Crippen MR) is 72.1 cm³/mol. The summed E-state index contributed by atoms with van der Waals surface area (Å²) >= 11 is 0. The Morgan fingerprint density at radius 3 is 2.64 bits per heavy atom. The van der Waals surface area contributed by atoms with Crippen LogP contribution in [-0.2, 0) is 6.54 Å². The number of ether oxygens (including phenoxy) is 1. The van der Waals surface area contributed by atoms with Crippen LogP contribution in [0.15, 0.2) is 36.7 Å². The quantitative estimate of drug-likeness (QED) is 0.919. The van der Waals surface area contributed by atoms with Gasteiger partial charge in [0.25, 0.3) is 0 Å². The fraction of sp³-hybridized carbons (Fsp3) is 0.214. The van der Waals surface area contributed by atoms with Crippen LogP contribution in [0.4, 0.5) is 19.0 Å². The zero-order chi connectivity index (χ0) is 16.0. The number of hydrogen-bond donors (Lipinski definition) is 1. The molecular formula is C14H11F3N4O. The lowest BCUT2D eigenvalue weighted by Crippen LogP contribution is -2.20. The lowest BCUT2D eigenvalue weighted by atomic mass is 10.2. The summed E-state index contributed by atoms with van der Waals surface area (Å²) in [5.74, 6) is 0.380.